The molecule has 0 saturated carbocycles. The monoisotopic (exact) mass is 246 g/mol. The number of carbonyl (C=O) groups excluding carboxylic acids is 1. The third kappa shape index (κ3) is 2.22. The molecule has 1 aliphatic heterocycles. The molecule has 1 aromatic carbocycles. The summed E-state index contributed by atoms with van der Waals surface area (Å²) in [4.78, 5) is 14.6. The van der Waals surface area contributed by atoms with Crippen LogP contribution >= 0.6 is 0 Å². The molecular formula is C15H22N2O. The highest BCUT2D eigenvalue weighted by atomic mass is 16.2. The normalized spacial score (nSPS) is 19.6. The van der Waals surface area contributed by atoms with Crippen LogP contribution in [0, 0.1) is 12.8 Å². The molecule has 1 fully saturated rings. The third-order valence-corrected chi connectivity index (χ3v) is 3.88. The lowest BCUT2D eigenvalue weighted by atomic mass is 10.0. The van der Waals surface area contributed by atoms with Crippen LogP contribution in [0.1, 0.15) is 42.6 Å². The molecule has 1 saturated heterocycles. The minimum Gasteiger partial charge on any atom is -0.398 e. The molecule has 1 atom stereocenters. The van der Waals surface area contributed by atoms with Crippen molar-refractivity contribution >= 4 is 11.6 Å². The number of benzene rings is 1. The summed E-state index contributed by atoms with van der Waals surface area (Å²) < 4.78 is 0. The zero-order valence-electron chi connectivity index (χ0n) is 11.4. The number of aryl methyl sites for hydroxylation is 1. The van der Waals surface area contributed by atoms with Gasteiger partial charge in [0.15, 0.2) is 0 Å². The second-order valence-corrected chi connectivity index (χ2v) is 5.49. The van der Waals surface area contributed by atoms with Crippen LogP contribution in [-0.4, -0.2) is 23.4 Å². The van der Waals surface area contributed by atoms with Crippen LogP contribution in [0.2, 0.25) is 0 Å². The maximum absolute atomic E-state index is 12.6. The Balaban J connectivity index is 2.28. The van der Waals surface area contributed by atoms with E-state index in [0.717, 1.165) is 24.9 Å². The van der Waals surface area contributed by atoms with Gasteiger partial charge in [0.25, 0.3) is 5.91 Å². The van der Waals surface area contributed by atoms with Gasteiger partial charge in [-0.3, -0.25) is 4.79 Å². The van der Waals surface area contributed by atoms with Gasteiger partial charge in [-0.2, -0.15) is 0 Å². The number of hydrogen-bond donors (Lipinski definition) is 1. The largest absolute Gasteiger partial charge is 0.398 e. The first kappa shape index (κ1) is 12.9. The van der Waals surface area contributed by atoms with Crippen molar-refractivity contribution in [1.82, 2.24) is 4.90 Å². The molecule has 2 N–H and O–H groups in total. The van der Waals surface area contributed by atoms with Crippen LogP contribution in [0.25, 0.3) is 0 Å². The van der Waals surface area contributed by atoms with Gasteiger partial charge in [0.05, 0.1) is 5.56 Å². The SMILES string of the molecule is Cc1cccc(C(=O)N2CCCC2C(C)C)c1N. The first-order chi connectivity index (χ1) is 8.52. The Morgan fingerprint density at radius 1 is 1.44 bits per heavy atom. The Morgan fingerprint density at radius 3 is 2.83 bits per heavy atom. The lowest BCUT2D eigenvalue weighted by Gasteiger charge is -2.28. The van der Waals surface area contributed by atoms with E-state index in [9.17, 15) is 4.79 Å². The number of likely N-dealkylation sites (tertiary alicyclic amines) is 1. The molecule has 1 aliphatic rings. The van der Waals surface area contributed by atoms with Crippen molar-refractivity contribution in [2.45, 2.75) is 39.7 Å². The zero-order chi connectivity index (χ0) is 13.3. The van der Waals surface area contributed by atoms with Crippen LogP contribution in [-0.2, 0) is 0 Å². The number of nitrogens with two attached hydrogens (primary N) is 1. The summed E-state index contributed by atoms with van der Waals surface area (Å²) in [5.74, 6) is 0.592. The van der Waals surface area contributed by atoms with E-state index in [2.05, 4.69) is 13.8 Å². The molecule has 3 nitrogen and oxygen atoms in total. The molecule has 0 aliphatic carbocycles. The molecule has 98 valence electrons. The number of carbonyl (C=O) groups is 1. The average molecular weight is 246 g/mol. The molecule has 0 bridgehead atoms. The highest BCUT2D eigenvalue weighted by Crippen LogP contribution is 2.27. The summed E-state index contributed by atoms with van der Waals surface area (Å²) in [6, 6.07) is 6.04. The maximum Gasteiger partial charge on any atom is 0.256 e. The van der Waals surface area contributed by atoms with E-state index in [1.807, 2.05) is 30.0 Å². The molecule has 0 radical (unpaired) electrons. The Morgan fingerprint density at radius 2 is 2.17 bits per heavy atom. The van der Waals surface area contributed by atoms with Gasteiger partial charge in [-0.15, -0.1) is 0 Å². The third-order valence-electron chi connectivity index (χ3n) is 3.88. The molecule has 3 heteroatoms. The standard InChI is InChI=1S/C15H22N2O/c1-10(2)13-8-5-9-17(13)15(18)12-7-4-6-11(3)14(12)16/h4,6-7,10,13H,5,8-9,16H2,1-3H3. The van der Waals surface area contributed by atoms with Crippen LogP contribution in [0.5, 0.6) is 0 Å². The smallest absolute Gasteiger partial charge is 0.256 e. The average Bonchev–Trinajstić information content (AvgIpc) is 2.81. The second kappa shape index (κ2) is 5.01. The number of para-hydroxylation sites is 1. The first-order valence-electron chi connectivity index (χ1n) is 6.68. The van der Waals surface area contributed by atoms with Crippen LogP contribution in [0.15, 0.2) is 18.2 Å². The topological polar surface area (TPSA) is 46.3 Å². The number of anilines is 1. The van der Waals surface area contributed by atoms with Gasteiger partial charge in [-0.25, -0.2) is 0 Å². The van der Waals surface area contributed by atoms with E-state index in [-0.39, 0.29) is 5.91 Å². The maximum atomic E-state index is 12.6. The summed E-state index contributed by atoms with van der Waals surface area (Å²) in [6.45, 7) is 7.15. The fourth-order valence-electron chi connectivity index (χ4n) is 2.76. The summed E-state index contributed by atoms with van der Waals surface area (Å²) in [7, 11) is 0. The lowest BCUT2D eigenvalue weighted by Crippen LogP contribution is -2.38. The van der Waals surface area contributed by atoms with Gasteiger partial charge in [-0.1, -0.05) is 26.0 Å². The molecule has 0 spiro atoms. The molecule has 1 unspecified atom stereocenters. The summed E-state index contributed by atoms with van der Waals surface area (Å²) >= 11 is 0. The van der Waals surface area contributed by atoms with E-state index in [0.29, 0.717) is 23.2 Å². The van der Waals surface area contributed by atoms with Crippen molar-refractivity contribution < 1.29 is 4.79 Å². The minimum atomic E-state index is 0.0902. The van der Waals surface area contributed by atoms with Crippen molar-refractivity contribution in [3.05, 3.63) is 29.3 Å². The first-order valence-corrected chi connectivity index (χ1v) is 6.68. The fraction of sp³-hybridized carbons (Fsp3) is 0.533. The molecule has 1 aromatic rings. The summed E-state index contributed by atoms with van der Waals surface area (Å²) in [5.41, 5.74) is 8.28. The van der Waals surface area contributed by atoms with Crippen molar-refractivity contribution in [2.24, 2.45) is 5.92 Å². The Labute approximate surface area is 109 Å². The van der Waals surface area contributed by atoms with Gasteiger partial charge in [0, 0.05) is 18.3 Å². The Kier molecular flexibility index (Phi) is 3.60. The zero-order valence-corrected chi connectivity index (χ0v) is 11.4. The van der Waals surface area contributed by atoms with Crippen molar-refractivity contribution in [1.29, 1.82) is 0 Å². The van der Waals surface area contributed by atoms with Crippen molar-refractivity contribution in [3.63, 3.8) is 0 Å². The van der Waals surface area contributed by atoms with E-state index < -0.39 is 0 Å². The molecule has 1 heterocycles. The highest BCUT2D eigenvalue weighted by Gasteiger charge is 2.32. The molecule has 18 heavy (non-hydrogen) atoms. The van der Waals surface area contributed by atoms with Gasteiger partial charge >= 0.3 is 0 Å². The molecular weight excluding hydrogens is 224 g/mol. The van der Waals surface area contributed by atoms with Gasteiger partial charge in [0.2, 0.25) is 0 Å². The van der Waals surface area contributed by atoms with Crippen LogP contribution < -0.4 is 5.73 Å². The Bertz CT molecular complexity index is 454. The van der Waals surface area contributed by atoms with Crippen LogP contribution in [0.4, 0.5) is 5.69 Å². The van der Waals surface area contributed by atoms with Crippen LogP contribution in [0.3, 0.4) is 0 Å². The summed E-state index contributed by atoms with van der Waals surface area (Å²) in [6.07, 6.45) is 2.20. The second-order valence-electron chi connectivity index (χ2n) is 5.49. The van der Waals surface area contributed by atoms with E-state index in [1.165, 1.54) is 0 Å². The lowest BCUT2D eigenvalue weighted by molar-refractivity contribution is 0.0702. The van der Waals surface area contributed by atoms with Crippen molar-refractivity contribution in [3.8, 4) is 0 Å². The molecule has 1 amide bonds. The summed E-state index contributed by atoms with van der Waals surface area (Å²) in [5, 5.41) is 0. The quantitative estimate of drug-likeness (QED) is 0.816. The number of rotatable bonds is 2. The highest BCUT2D eigenvalue weighted by molar-refractivity contribution is 6.00. The number of hydrogen-bond acceptors (Lipinski definition) is 2. The number of nitrogens with zero attached hydrogens (tertiary/aromatic N) is 1. The van der Waals surface area contributed by atoms with Gasteiger partial charge in [-0.05, 0) is 37.3 Å². The van der Waals surface area contributed by atoms with E-state index in [4.69, 9.17) is 5.73 Å². The minimum absolute atomic E-state index is 0.0902. The molecule has 2 rings (SSSR count). The van der Waals surface area contributed by atoms with E-state index in [1.54, 1.807) is 0 Å². The van der Waals surface area contributed by atoms with Gasteiger partial charge < -0.3 is 10.6 Å². The predicted octanol–water partition coefficient (Wildman–Crippen LogP) is 2.84. The number of nitrogen functional groups attached to an aromatic ring is 1. The fourth-order valence-corrected chi connectivity index (χ4v) is 2.76. The Hall–Kier alpha value is -1.51. The van der Waals surface area contributed by atoms with Crippen molar-refractivity contribution in [2.75, 3.05) is 12.3 Å². The van der Waals surface area contributed by atoms with E-state index >= 15 is 0 Å². The number of amides is 1. The van der Waals surface area contributed by atoms with Gasteiger partial charge in [0.1, 0.15) is 0 Å². The predicted molar refractivity (Wildman–Crippen MR) is 74.5 cm³/mol. The molecule has 0 aromatic heterocycles.